The van der Waals surface area contributed by atoms with Gasteiger partial charge >= 0.3 is 0 Å². The average Bonchev–Trinajstić information content (AvgIpc) is 2.61. The first kappa shape index (κ1) is 10.1. The van der Waals surface area contributed by atoms with E-state index in [9.17, 15) is 5.11 Å². The minimum atomic E-state index is -0.168. The summed E-state index contributed by atoms with van der Waals surface area (Å²) in [6.45, 7) is 5.11. The number of fused-ring (bicyclic) bond motifs is 1. The van der Waals surface area contributed by atoms with Gasteiger partial charge in [0.05, 0.1) is 6.10 Å². The Hall–Kier alpha value is -0.380. The first-order valence-electron chi connectivity index (χ1n) is 5.21. The van der Waals surface area contributed by atoms with E-state index in [-0.39, 0.29) is 6.10 Å². The van der Waals surface area contributed by atoms with E-state index in [0.717, 1.165) is 26.1 Å². The zero-order chi connectivity index (χ0) is 9.97. The Kier molecular flexibility index (Phi) is 3.21. The molecule has 0 aromatic carbocycles. The molecule has 2 heterocycles. The van der Waals surface area contributed by atoms with Crippen molar-refractivity contribution in [3.63, 3.8) is 0 Å². The van der Waals surface area contributed by atoms with Gasteiger partial charge in [0.15, 0.2) is 0 Å². The van der Waals surface area contributed by atoms with Gasteiger partial charge in [0.1, 0.15) is 0 Å². The summed E-state index contributed by atoms with van der Waals surface area (Å²) in [6, 6.07) is 2.23. The number of hydrogen-bond acceptors (Lipinski definition) is 3. The zero-order valence-corrected chi connectivity index (χ0v) is 9.39. The van der Waals surface area contributed by atoms with Crippen LogP contribution in [0.2, 0.25) is 0 Å². The second-order valence-electron chi connectivity index (χ2n) is 4.03. The van der Waals surface area contributed by atoms with Crippen LogP contribution in [0.5, 0.6) is 0 Å². The second-order valence-corrected chi connectivity index (χ2v) is 5.03. The van der Waals surface area contributed by atoms with Gasteiger partial charge in [-0.3, -0.25) is 4.90 Å². The van der Waals surface area contributed by atoms with E-state index in [1.165, 1.54) is 12.0 Å². The Bertz CT molecular complexity index is 295. The van der Waals surface area contributed by atoms with Crippen molar-refractivity contribution in [1.82, 2.24) is 4.90 Å². The summed E-state index contributed by atoms with van der Waals surface area (Å²) in [5.41, 5.74) is 1.49. The largest absolute Gasteiger partial charge is 0.393 e. The van der Waals surface area contributed by atoms with Crippen LogP contribution in [0.15, 0.2) is 11.4 Å². The average molecular weight is 211 g/mol. The van der Waals surface area contributed by atoms with Gasteiger partial charge in [0, 0.05) is 24.5 Å². The molecule has 14 heavy (non-hydrogen) atoms. The number of thiophene rings is 1. The summed E-state index contributed by atoms with van der Waals surface area (Å²) < 4.78 is 0. The number of aliphatic hydroxyl groups is 1. The molecule has 1 N–H and O–H groups in total. The van der Waals surface area contributed by atoms with Crippen LogP contribution < -0.4 is 0 Å². The normalized spacial score (nSPS) is 19.3. The van der Waals surface area contributed by atoms with E-state index in [4.69, 9.17) is 0 Å². The van der Waals surface area contributed by atoms with E-state index in [2.05, 4.69) is 16.3 Å². The minimum absolute atomic E-state index is 0.168. The van der Waals surface area contributed by atoms with Crippen LogP contribution in [0.25, 0.3) is 0 Å². The SMILES string of the molecule is CC(O)CCN1CCc2sccc2C1. The highest BCUT2D eigenvalue weighted by atomic mass is 32.1. The van der Waals surface area contributed by atoms with Crippen molar-refractivity contribution >= 4 is 11.3 Å². The lowest BCUT2D eigenvalue weighted by Crippen LogP contribution is -2.31. The number of aliphatic hydroxyl groups excluding tert-OH is 1. The van der Waals surface area contributed by atoms with E-state index in [1.807, 2.05) is 18.3 Å². The number of nitrogens with zero attached hydrogens (tertiary/aromatic N) is 1. The monoisotopic (exact) mass is 211 g/mol. The van der Waals surface area contributed by atoms with Gasteiger partial charge in [-0.25, -0.2) is 0 Å². The zero-order valence-electron chi connectivity index (χ0n) is 8.57. The Labute approximate surface area is 89.2 Å². The molecule has 2 rings (SSSR count). The van der Waals surface area contributed by atoms with Crippen LogP contribution in [-0.4, -0.2) is 29.2 Å². The third kappa shape index (κ3) is 2.35. The lowest BCUT2D eigenvalue weighted by atomic mass is 10.1. The van der Waals surface area contributed by atoms with E-state index in [0.29, 0.717) is 0 Å². The molecule has 1 aromatic heterocycles. The Morgan fingerprint density at radius 3 is 3.29 bits per heavy atom. The highest BCUT2D eigenvalue weighted by Crippen LogP contribution is 2.23. The number of rotatable bonds is 3. The molecule has 1 aromatic rings. The fraction of sp³-hybridized carbons (Fsp3) is 0.636. The molecule has 0 spiro atoms. The van der Waals surface area contributed by atoms with Gasteiger partial charge in [-0.1, -0.05) is 0 Å². The molecule has 0 bridgehead atoms. The van der Waals surface area contributed by atoms with Crippen molar-refractivity contribution in [2.45, 2.75) is 32.4 Å². The van der Waals surface area contributed by atoms with Crippen LogP contribution >= 0.6 is 11.3 Å². The molecule has 1 atom stereocenters. The highest BCUT2D eigenvalue weighted by Gasteiger charge is 2.16. The molecule has 3 heteroatoms. The van der Waals surface area contributed by atoms with Crippen LogP contribution in [0.4, 0.5) is 0 Å². The summed E-state index contributed by atoms with van der Waals surface area (Å²) in [6.07, 6.45) is 1.91. The smallest absolute Gasteiger partial charge is 0.0524 e. The Balaban J connectivity index is 1.88. The summed E-state index contributed by atoms with van der Waals surface area (Å²) >= 11 is 1.88. The van der Waals surface area contributed by atoms with Crippen molar-refractivity contribution in [3.8, 4) is 0 Å². The summed E-state index contributed by atoms with van der Waals surface area (Å²) in [5, 5.41) is 11.4. The predicted octanol–water partition coefficient (Wildman–Crippen LogP) is 1.88. The Morgan fingerprint density at radius 2 is 2.50 bits per heavy atom. The second kappa shape index (κ2) is 4.43. The molecule has 0 radical (unpaired) electrons. The van der Waals surface area contributed by atoms with Crippen molar-refractivity contribution in [2.75, 3.05) is 13.1 Å². The summed E-state index contributed by atoms with van der Waals surface area (Å²) in [5.74, 6) is 0. The lowest BCUT2D eigenvalue weighted by molar-refractivity contribution is 0.151. The fourth-order valence-electron chi connectivity index (χ4n) is 1.87. The van der Waals surface area contributed by atoms with Gasteiger partial charge in [-0.05, 0) is 36.8 Å². The third-order valence-electron chi connectivity index (χ3n) is 2.75. The topological polar surface area (TPSA) is 23.5 Å². The first-order valence-corrected chi connectivity index (χ1v) is 6.09. The molecular formula is C11H17NOS. The van der Waals surface area contributed by atoms with Gasteiger partial charge in [0.2, 0.25) is 0 Å². The molecule has 0 aliphatic carbocycles. The molecule has 78 valence electrons. The molecule has 1 unspecified atom stereocenters. The van der Waals surface area contributed by atoms with E-state index >= 15 is 0 Å². The minimum Gasteiger partial charge on any atom is -0.393 e. The molecule has 2 nitrogen and oxygen atoms in total. The van der Waals surface area contributed by atoms with Gasteiger partial charge in [-0.2, -0.15) is 0 Å². The number of hydrogen-bond donors (Lipinski definition) is 1. The van der Waals surface area contributed by atoms with Crippen LogP contribution in [-0.2, 0) is 13.0 Å². The molecular weight excluding hydrogens is 194 g/mol. The Morgan fingerprint density at radius 1 is 1.64 bits per heavy atom. The molecule has 1 aliphatic heterocycles. The maximum atomic E-state index is 9.21. The van der Waals surface area contributed by atoms with Gasteiger partial charge in [0.25, 0.3) is 0 Å². The molecule has 0 saturated heterocycles. The lowest BCUT2D eigenvalue weighted by Gasteiger charge is -2.27. The maximum Gasteiger partial charge on any atom is 0.0524 e. The molecule has 1 aliphatic rings. The van der Waals surface area contributed by atoms with Crippen LogP contribution in [0.3, 0.4) is 0 Å². The van der Waals surface area contributed by atoms with Crippen molar-refractivity contribution < 1.29 is 5.11 Å². The van der Waals surface area contributed by atoms with Crippen LogP contribution in [0, 0.1) is 0 Å². The molecule has 0 amide bonds. The summed E-state index contributed by atoms with van der Waals surface area (Å²) in [7, 11) is 0. The fourth-order valence-corrected chi connectivity index (χ4v) is 2.76. The molecule has 0 saturated carbocycles. The van der Waals surface area contributed by atoms with Gasteiger partial charge in [-0.15, -0.1) is 11.3 Å². The molecule has 0 fully saturated rings. The summed E-state index contributed by atoms with van der Waals surface area (Å²) in [4.78, 5) is 3.99. The maximum absolute atomic E-state index is 9.21. The van der Waals surface area contributed by atoms with Crippen molar-refractivity contribution in [1.29, 1.82) is 0 Å². The third-order valence-corrected chi connectivity index (χ3v) is 3.77. The highest BCUT2D eigenvalue weighted by molar-refractivity contribution is 7.10. The predicted molar refractivity (Wildman–Crippen MR) is 59.6 cm³/mol. The van der Waals surface area contributed by atoms with Gasteiger partial charge < -0.3 is 5.11 Å². The van der Waals surface area contributed by atoms with E-state index in [1.54, 1.807) is 4.88 Å². The van der Waals surface area contributed by atoms with E-state index < -0.39 is 0 Å². The standard InChI is InChI=1S/C11H17NOS/c1-9(13)2-5-12-6-3-11-10(8-12)4-7-14-11/h4,7,9,13H,2-3,5-6,8H2,1H3. The first-order chi connectivity index (χ1) is 6.75. The quantitative estimate of drug-likeness (QED) is 0.825. The van der Waals surface area contributed by atoms with Crippen LogP contribution in [0.1, 0.15) is 23.8 Å². The van der Waals surface area contributed by atoms with Crippen molar-refractivity contribution in [3.05, 3.63) is 21.9 Å². The van der Waals surface area contributed by atoms with Crippen molar-refractivity contribution in [2.24, 2.45) is 0 Å².